The van der Waals surface area contributed by atoms with Gasteiger partial charge >= 0.3 is 0 Å². The minimum absolute atomic E-state index is 0.167. The van der Waals surface area contributed by atoms with Gasteiger partial charge in [0.05, 0.1) is 0 Å². The van der Waals surface area contributed by atoms with Gasteiger partial charge in [0.25, 0.3) is 5.91 Å². The molecule has 2 aromatic rings. The topological polar surface area (TPSA) is 67.4 Å². The molecule has 2 amide bonds. The number of benzene rings is 2. The quantitative estimate of drug-likeness (QED) is 0.859. The fraction of sp³-hybridized carbons (Fsp3) is 0.222. The third-order valence-electron chi connectivity index (χ3n) is 3.38. The van der Waals surface area contributed by atoms with E-state index in [1.54, 1.807) is 49.4 Å². The number of ether oxygens (including phenoxy) is 1. The molecule has 1 atom stereocenters. The Kier molecular flexibility index (Phi) is 5.82. The lowest BCUT2D eigenvalue weighted by molar-refractivity contribution is -0.122. The number of rotatable bonds is 5. The molecule has 6 heteroatoms. The zero-order valence-corrected chi connectivity index (χ0v) is 14.5. The molecular weight excluding hydrogens is 328 g/mol. The van der Waals surface area contributed by atoms with E-state index in [-0.39, 0.29) is 11.8 Å². The molecule has 5 nitrogen and oxygen atoms in total. The highest BCUT2D eigenvalue weighted by atomic mass is 35.5. The van der Waals surface area contributed by atoms with E-state index in [0.29, 0.717) is 22.1 Å². The molecule has 0 fully saturated rings. The minimum Gasteiger partial charge on any atom is -0.481 e. The molecule has 0 radical (unpaired) electrons. The van der Waals surface area contributed by atoms with E-state index in [0.717, 1.165) is 5.56 Å². The largest absolute Gasteiger partial charge is 0.481 e. The van der Waals surface area contributed by atoms with Crippen molar-refractivity contribution in [1.29, 1.82) is 0 Å². The molecule has 0 saturated heterocycles. The Morgan fingerprint density at radius 3 is 2.33 bits per heavy atom. The monoisotopic (exact) mass is 346 g/mol. The van der Waals surface area contributed by atoms with E-state index >= 15 is 0 Å². The lowest BCUT2D eigenvalue weighted by Gasteiger charge is -2.17. The molecule has 1 unspecified atom stereocenters. The molecule has 2 N–H and O–H groups in total. The molecule has 2 rings (SSSR count). The maximum atomic E-state index is 12.3. The van der Waals surface area contributed by atoms with Gasteiger partial charge in [-0.3, -0.25) is 9.59 Å². The molecule has 0 aromatic heterocycles. The predicted octanol–water partition coefficient (Wildman–Crippen LogP) is 4.01. The van der Waals surface area contributed by atoms with Crippen molar-refractivity contribution in [2.24, 2.45) is 0 Å². The fourth-order valence-electron chi connectivity index (χ4n) is 2.13. The number of amides is 2. The number of carbonyl (C=O) groups excluding carboxylic acids is 2. The van der Waals surface area contributed by atoms with Gasteiger partial charge in [0, 0.05) is 23.3 Å². The van der Waals surface area contributed by atoms with Crippen molar-refractivity contribution in [1.82, 2.24) is 0 Å². The molecule has 0 saturated carbocycles. The van der Waals surface area contributed by atoms with Gasteiger partial charge in [-0.25, -0.2) is 0 Å². The van der Waals surface area contributed by atoms with Crippen LogP contribution in [0.4, 0.5) is 11.4 Å². The van der Waals surface area contributed by atoms with Crippen LogP contribution >= 0.6 is 11.6 Å². The summed E-state index contributed by atoms with van der Waals surface area (Å²) in [5.74, 6) is 0.0613. The molecule has 24 heavy (non-hydrogen) atoms. The molecule has 2 aromatic carbocycles. The van der Waals surface area contributed by atoms with Crippen LogP contribution in [0.5, 0.6) is 5.75 Å². The minimum atomic E-state index is -0.702. The van der Waals surface area contributed by atoms with Crippen molar-refractivity contribution < 1.29 is 14.3 Å². The summed E-state index contributed by atoms with van der Waals surface area (Å²) in [5.41, 5.74) is 2.05. The molecular formula is C18H19ClN2O3. The summed E-state index contributed by atoms with van der Waals surface area (Å²) in [4.78, 5) is 23.5. The molecule has 0 spiro atoms. The summed E-state index contributed by atoms with van der Waals surface area (Å²) < 4.78 is 5.60. The summed E-state index contributed by atoms with van der Waals surface area (Å²) in [6.07, 6.45) is -0.702. The van der Waals surface area contributed by atoms with Crippen molar-refractivity contribution in [2.75, 3.05) is 10.6 Å². The van der Waals surface area contributed by atoms with E-state index < -0.39 is 6.10 Å². The molecule has 126 valence electrons. The van der Waals surface area contributed by atoms with E-state index in [1.807, 2.05) is 6.92 Å². The number of anilines is 2. The van der Waals surface area contributed by atoms with Gasteiger partial charge in [0.1, 0.15) is 5.75 Å². The van der Waals surface area contributed by atoms with Crippen LogP contribution < -0.4 is 15.4 Å². The Hall–Kier alpha value is -2.53. The summed E-state index contributed by atoms with van der Waals surface area (Å²) in [6, 6.07) is 12.2. The van der Waals surface area contributed by atoms with E-state index in [2.05, 4.69) is 10.6 Å². The fourth-order valence-corrected chi connectivity index (χ4v) is 2.31. The van der Waals surface area contributed by atoms with Crippen LogP contribution in [0, 0.1) is 6.92 Å². The molecule has 0 bridgehead atoms. The van der Waals surface area contributed by atoms with E-state index in [9.17, 15) is 9.59 Å². The smallest absolute Gasteiger partial charge is 0.265 e. The van der Waals surface area contributed by atoms with Crippen molar-refractivity contribution in [3.8, 4) is 5.75 Å². The van der Waals surface area contributed by atoms with Gasteiger partial charge in [-0.1, -0.05) is 23.7 Å². The summed E-state index contributed by atoms with van der Waals surface area (Å²) >= 11 is 5.90. The Labute approximate surface area is 146 Å². The zero-order valence-electron chi connectivity index (χ0n) is 13.7. The number of nitrogens with one attached hydrogen (secondary N) is 2. The maximum absolute atomic E-state index is 12.3. The Morgan fingerprint density at radius 1 is 1.08 bits per heavy atom. The summed E-state index contributed by atoms with van der Waals surface area (Å²) in [5, 5.41) is 6.08. The van der Waals surface area contributed by atoms with Gasteiger partial charge < -0.3 is 15.4 Å². The van der Waals surface area contributed by atoms with Crippen LogP contribution in [0.3, 0.4) is 0 Å². The first kappa shape index (κ1) is 17.8. The van der Waals surface area contributed by atoms with Crippen LogP contribution in [-0.2, 0) is 9.59 Å². The third-order valence-corrected chi connectivity index (χ3v) is 3.62. The summed E-state index contributed by atoms with van der Waals surface area (Å²) in [7, 11) is 0. The van der Waals surface area contributed by atoms with Crippen molar-refractivity contribution in [3.05, 3.63) is 53.1 Å². The first-order valence-electron chi connectivity index (χ1n) is 7.47. The Bertz CT molecular complexity index is 762. The number of carbonyl (C=O) groups is 2. The highest BCUT2D eigenvalue weighted by Crippen LogP contribution is 2.24. The average Bonchev–Trinajstić information content (AvgIpc) is 2.50. The Balaban J connectivity index is 2.07. The van der Waals surface area contributed by atoms with Gasteiger partial charge in [0.15, 0.2) is 6.10 Å². The molecule has 0 aliphatic carbocycles. The second-order valence-corrected chi connectivity index (χ2v) is 5.80. The van der Waals surface area contributed by atoms with Crippen molar-refractivity contribution in [2.45, 2.75) is 26.9 Å². The average molecular weight is 347 g/mol. The van der Waals surface area contributed by atoms with E-state index in [1.165, 1.54) is 6.92 Å². The van der Waals surface area contributed by atoms with Crippen LogP contribution in [0.2, 0.25) is 5.02 Å². The highest BCUT2D eigenvalue weighted by Gasteiger charge is 2.16. The molecule has 0 aliphatic rings. The first-order chi connectivity index (χ1) is 11.4. The third kappa shape index (κ3) is 4.73. The van der Waals surface area contributed by atoms with Crippen LogP contribution in [0.15, 0.2) is 42.5 Å². The highest BCUT2D eigenvalue weighted by molar-refractivity contribution is 6.30. The SMILES string of the molecule is CC(=O)Nc1cccc(NC(=O)C(C)Oc2cccc(Cl)c2)c1C. The van der Waals surface area contributed by atoms with Gasteiger partial charge in [-0.15, -0.1) is 0 Å². The van der Waals surface area contributed by atoms with Gasteiger partial charge in [0.2, 0.25) is 5.91 Å². The van der Waals surface area contributed by atoms with Gasteiger partial charge in [-0.2, -0.15) is 0 Å². The standard InChI is InChI=1S/C18H19ClN2O3/c1-11-16(20-13(3)22)8-5-9-17(11)21-18(23)12(2)24-15-7-4-6-14(19)10-15/h4-10,12H,1-3H3,(H,20,22)(H,21,23). The first-order valence-corrected chi connectivity index (χ1v) is 7.85. The van der Waals surface area contributed by atoms with Crippen molar-refractivity contribution >= 4 is 34.8 Å². The second-order valence-electron chi connectivity index (χ2n) is 5.37. The number of hydrogen-bond acceptors (Lipinski definition) is 3. The lowest BCUT2D eigenvalue weighted by atomic mass is 10.1. The predicted molar refractivity (Wildman–Crippen MR) is 95.7 cm³/mol. The number of hydrogen-bond donors (Lipinski definition) is 2. The zero-order chi connectivity index (χ0) is 17.7. The van der Waals surface area contributed by atoms with Crippen LogP contribution in [0.25, 0.3) is 0 Å². The lowest BCUT2D eigenvalue weighted by Crippen LogP contribution is -2.30. The van der Waals surface area contributed by atoms with Crippen LogP contribution in [0.1, 0.15) is 19.4 Å². The van der Waals surface area contributed by atoms with E-state index in [4.69, 9.17) is 16.3 Å². The Morgan fingerprint density at radius 2 is 1.71 bits per heavy atom. The number of halogens is 1. The second kappa shape index (κ2) is 7.84. The van der Waals surface area contributed by atoms with Crippen molar-refractivity contribution in [3.63, 3.8) is 0 Å². The maximum Gasteiger partial charge on any atom is 0.265 e. The molecule has 0 aliphatic heterocycles. The molecule has 0 heterocycles. The van der Waals surface area contributed by atoms with Crippen LogP contribution in [-0.4, -0.2) is 17.9 Å². The normalized spacial score (nSPS) is 11.5. The van der Waals surface area contributed by atoms with Gasteiger partial charge in [-0.05, 0) is 49.7 Å². The summed E-state index contributed by atoms with van der Waals surface area (Å²) in [6.45, 7) is 4.91.